The van der Waals surface area contributed by atoms with Gasteiger partial charge in [0.25, 0.3) is 0 Å². The lowest BCUT2D eigenvalue weighted by Gasteiger charge is -2.19. The fourth-order valence-electron chi connectivity index (χ4n) is 3.20. The Labute approximate surface area is 156 Å². The molecule has 6 heteroatoms. The smallest absolute Gasteiger partial charge is 0.225 e. The normalized spacial score (nSPS) is 19.8. The van der Waals surface area contributed by atoms with E-state index in [0.29, 0.717) is 29.6 Å². The molecule has 1 amide bonds. The van der Waals surface area contributed by atoms with E-state index in [4.69, 9.17) is 23.2 Å². The summed E-state index contributed by atoms with van der Waals surface area (Å²) in [7, 11) is 0. The third-order valence-electron chi connectivity index (χ3n) is 4.52. The zero-order valence-corrected chi connectivity index (χ0v) is 15.1. The highest BCUT2D eigenvalue weighted by Gasteiger charge is 2.33. The van der Waals surface area contributed by atoms with Crippen LogP contribution in [-0.2, 0) is 11.2 Å². The molecule has 2 N–H and O–H groups in total. The van der Waals surface area contributed by atoms with Gasteiger partial charge in [0, 0.05) is 25.6 Å². The first kappa shape index (κ1) is 18.2. The van der Waals surface area contributed by atoms with Crippen LogP contribution in [0.5, 0.6) is 0 Å². The van der Waals surface area contributed by atoms with Crippen molar-refractivity contribution in [1.29, 1.82) is 0 Å². The number of hydrogen-bond acceptors (Lipinski definition) is 2. The molecule has 2 aromatic carbocycles. The molecule has 0 radical (unpaired) electrons. The maximum absolute atomic E-state index is 13.2. The molecule has 2 atom stereocenters. The van der Waals surface area contributed by atoms with Gasteiger partial charge in [-0.1, -0.05) is 41.4 Å². The van der Waals surface area contributed by atoms with Gasteiger partial charge in [-0.25, -0.2) is 4.39 Å². The van der Waals surface area contributed by atoms with E-state index in [9.17, 15) is 9.18 Å². The van der Waals surface area contributed by atoms with Crippen molar-refractivity contribution in [1.82, 2.24) is 10.6 Å². The van der Waals surface area contributed by atoms with E-state index in [0.717, 1.165) is 17.7 Å². The third kappa shape index (κ3) is 4.51. The van der Waals surface area contributed by atoms with Crippen LogP contribution in [0.2, 0.25) is 10.0 Å². The average Bonchev–Trinajstić information content (AvgIpc) is 3.07. The Kier molecular flexibility index (Phi) is 5.94. The van der Waals surface area contributed by atoms with Gasteiger partial charge in [0.1, 0.15) is 5.82 Å². The van der Waals surface area contributed by atoms with Crippen molar-refractivity contribution in [2.24, 2.45) is 5.92 Å². The maximum atomic E-state index is 13.2. The Morgan fingerprint density at radius 1 is 1.16 bits per heavy atom. The molecule has 1 aliphatic rings. The van der Waals surface area contributed by atoms with Crippen molar-refractivity contribution in [2.45, 2.75) is 12.3 Å². The molecular formula is C19H19Cl2FN2O. The molecule has 1 aliphatic heterocycles. The van der Waals surface area contributed by atoms with Crippen LogP contribution in [0.3, 0.4) is 0 Å². The van der Waals surface area contributed by atoms with Crippen molar-refractivity contribution < 1.29 is 9.18 Å². The van der Waals surface area contributed by atoms with Crippen LogP contribution in [-0.4, -0.2) is 25.5 Å². The Morgan fingerprint density at radius 2 is 2.00 bits per heavy atom. The fraction of sp³-hybridized carbons (Fsp3) is 0.316. The highest BCUT2D eigenvalue weighted by Crippen LogP contribution is 2.32. The van der Waals surface area contributed by atoms with Gasteiger partial charge >= 0.3 is 0 Å². The quantitative estimate of drug-likeness (QED) is 0.828. The van der Waals surface area contributed by atoms with Crippen molar-refractivity contribution in [3.8, 4) is 0 Å². The molecule has 0 spiro atoms. The van der Waals surface area contributed by atoms with Crippen molar-refractivity contribution in [3.05, 3.63) is 69.5 Å². The predicted molar refractivity (Wildman–Crippen MR) is 98.7 cm³/mol. The first-order chi connectivity index (χ1) is 12.0. The molecule has 25 heavy (non-hydrogen) atoms. The minimum Gasteiger partial charge on any atom is -0.355 e. The SMILES string of the molecule is O=C(NCCc1cccc(F)c1)[C@@H]1CNC[C@H]1c1ccc(Cl)c(Cl)c1. The van der Waals surface area contributed by atoms with Crippen molar-refractivity contribution in [3.63, 3.8) is 0 Å². The summed E-state index contributed by atoms with van der Waals surface area (Å²) in [5.74, 6) is -0.366. The number of carbonyl (C=O) groups is 1. The summed E-state index contributed by atoms with van der Waals surface area (Å²) >= 11 is 12.1. The summed E-state index contributed by atoms with van der Waals surface area (Å²) in [6.45, 7) is 1.82. The largest absolute Gasteiger partial charge is 0.355 e. The van der Waals surface area contributed by atoms with Crippen LogP contribution in [0.1, 0.15) is 17.0 Å². The van der Waals surface area contributed by atoms with E-state index < -0.39 is 0 Å². The molecule has 3 rings (SSSR count). The van der Waals surface area contributed by atoms with E-state index in [2.05, 4.69) is 10.6 Å². The molecule has 0 unspecified atom stereocenters. The first-order valence-electron chi connectivity index (χ1n) is 8.22. The summed E-state index contributed by atoms with van der Waals surface area (Å²) in [5, 5.41) is 7.23. The van der Waals surface area contributed by atoms with E-state index >= 15 is 0 Å². The number of amides is 1. The second-order valence-corrected chi connectivity index (χ2v) is 7.03. The van der Waals surface area contributed by atoms with Crippen LogP contribution >= 0.6 is 23.2 Å². The predicted octanol–water partition coefficient (Wildman–Crippen LogP) is 3.79. The van der Waals surface area contributed by atoms with Gasteiger partial charge in [-0.2, -0.15) is 0 Å². The van der Waals surface area contributed by atoms with Gasteiger partial charge in [-0.15, -0.1) is 0 Å². The van der Waals surface area contributed by atoms with E-state index in [1.165, 1.54) is 12.1 Å². The third-order valence-corrected chi connectivity index (χ3v) is 5.26. The number of benzene rings is 2. The standard InChI is InChI=1S/C19H19Cl2FN2O/c20-17-5-4-13(9-18(17)21)15-10-23-11-16(15)19(25)24-7-6-12-2-1-3-14(22)8-12/h1-5,8-9,15-16,23H,6-7,10-11H2,(H,24,25)/t15-,16+/m0/s1. The molecule has 132 valence electrons. The van der Waals surface area contributed by atoms with Crippen LogP contribution < -0.4 is 10.6 Å². The van der Waals surface area contributed by atoms with Crippen LogP contribution in [0.25, 0.3) is 0 Å². The lowest BCUT2D eigenvalue weighted by molar-refractivity contribution is -0.124. The lowest BCUT2D eigenvalue weighted by atomic mass is 9.88. The Balaban J connectivity index is 1.59. The molecule has 0 bridgehead atoms. The second kappa shape index (κ2) is 8.17. The number of carbonyl (C=O) groups excluding carboxylic acids is 1. The summed E-state index contributed by atoms with van der Waals surface area (Å²) < 4.78 is 13.2. The first-order valence-corrected chi connectivity index (χ1v) is 8.98. The number of hydrogen-bond donors (Lipinski definition) is 2. The lowest BCUT2D eigenvalue weighted by Crippen LogP contribution is -2.35. The van der Waals surface area contributed by atoms with Gasteiger partial charge in [0.15, 0.2) is 0 Å². The Bertz CT molecular complexity index is 769. The molecule has 2 aromatic rings. The summed E-state index contributed by atoms with van der Waals surface area (Å²) in [4.78, 5) is 12.6. The molecule has 3 nitrogen and oxygen atoms in total. The second-order valence-electron chi connectivity index (χ2n) is 6.22. The topological polar surface area (TPSA) is 41.1 Å². The Hall–Kier alpha value is -1.62. The van der Waals surface area contributed by atoms with E-state index in [1.807, 2.05) is 18.2 Å². The van der Waals surface area contributed by atoms with Crippen LogP contribution in [0.15, 0.2) is 42.5 Å². The Morgan fingerprint density at radius 3 is 2.76 bits per heavy atom. The number of halogens is 3. The van der Waals surface area contributed by atoms with Crippen LogP contribution in [0, 0.1) is 11.7 Å². The molecule has 1 fully saturated rings. The fourth-order valence-corrected chi connectivity index (χ4v) is 3.51. The van der Waals surface area contributed by atoms with Gasteiger partial charge < -0.3 is 10.6 Å². The summed E-state index contributed by atoms with van der Waals surface area (Å²) in [5.41, 5.74) is 1.87. The van der Waals surface area contributed by atoms with Crippen molar-refractivity contribution >= 4 is 29.1 Å². The molecular weight excluding hydrogens is 362 g/mol. The summed E-state index contributed by atoms with van der Waals surface area (Å²) in [6, 6.07) is 11.9. The highest BCUT2D eigenvalue weighted by atomic mass is 35.5. The van der Waals surface area contributed by atoms with E-state index in [1.54, 1.807) is 12.1 Å². The van der Waals surface area contributed by atoms with Crippen molar-refractivity contribution in [2.75, 3.05) is 19.6 Å². The zero-order chi connectivity index (χ0) is 17.8. The van der Waals surface area contributed by atoms with Gasteiger partial charge in [0.2, 0.25) is 5.91 Å². The van der Waals surface area contributed by atoms with Crippen LogP contribution in [0.4, 0.5) is 4.39 Å². The molecule has 0 aromatic heterocycles. The minimum atomic E-state index is -0.261. The van der Waals surface area contributed by atoms with Gasteiger partial charge in [0.05, 0.1) is 16.0 Å². The van der Waals surface area contributed by atoms with Gasteiger partial charge in [-0.3, -0.25) is 4.79 Å². The number of nitrogens with one attached hydrogen (secondary N) is 2. The maximum Gasteiger partial charge on any atom is 0.225 e. The molecule has 1 heterocycles. The molecule has 0 aliphatic carbocycles. The minimum absolute atomic E-state index is 0.00234. The number of rotatable bonds is 5. The molecule has 1 saturated heterocycles. The monoisotopic (exact) mass is 380 g/mol. The highest BCUT2D eigenvalue weighted by molar-refractivity contribution is 6.42. The molecule has 0 saturated carbocycles. The van der Waals surface area contributed by atoms with Gasteiger partial charge in [-0.05, 0) is 41.8 Å². The zero-order valence-electron chi connectivity index (χ0n) is 13.6. The summed E-state index contributed by atoms with van der Waals surface area (Å²) in [6.07, 6.45) is 0.598. The van der Waals surface area contributed by atoms with E-state index in [-0.39, 0.29) is 23.6 Å². The average molecular weight is 381 g/mol.